The average Bonchev–Trinajstić information content (AvgIpc) is 2.62. The maximum Gasteiger partial charge on any atom is 0.248 e. The van der Waals surface area contributed by atoms with Crippen molar-refractivity contribution in [1.29, 1.82) is 0 Å². The number of carbonyl (C=O) groups excluding carboxylic acids is 1. The number of ether oxygens (including phenoxy) is 3. The highest BCUT2D eigenvalue weighted by Gasteiger charge is 2.10. The van der Waals surface area contributed by atoms with E-state index in [1.54, 1.807) is 39.5 Å². The fraction of sp³-hybridized carbons (Fsp3) is 0.211. The van der Waals surface area contributed by atoms with Crippen LogP contribution in [0.15, 0.2) is 40.9 Å². The van der Waals surface area contributed by atoms with Crippen LogP contribution in [0, 0.1) is 6.92 Å². The van der Waals surface area contributed by atoms with Crippen LogP contribution in [-0.2, 0) is 4.79 Å². The minimum Gasteiger partial charge on any atom is -0.496 e. The molecule has 0 aromatic heterocycles. The van der Waals surface area contributed by atoms with Crippen LogP contribution in [0.4, 0.5) is 5.69 Å². The summed E-state index contributed by atoms with van der Waals surface area (Å²) in [6, 6.07) is 9.19. The predicted octanol–water partition coefficient (Wildman–Crippen LogP) is 4.44. The van der Waals surface area contributed by atoms with Crippen molar-refractivity contribution in [1.82, 2.24) is 0 Å². The molecular formula is C19H20BrNO4. The quantitative estimate of drug-likeness (QED) is 0.721. The van der Waals surface area contributed by atoms with Gasteiger partial charge in [0.1, 0.15) is 5.75 Å². The van der Waals surface area contributed by atoms with Gasteiger partial charge in [-0.1, -0.05) is 22.0 Å². The summed E-state index contributed by atoms with van der Waals surface area (Å²) < 4.78 is 16.8. The molecule has 1 N–H and O–H groups in total. The summed E-state index contributed by atoms with van der Waals surface area (Å²) in [5, 5.41) is 2.86. The van der Waals surface area contributed by atoms with E-state index in [-0.39, 0.29) is 5.91 Å². The highest BCUT2D eigenvalue weighted by Crippen LogP contribution is 2.35. The standard InChI is InChI=1S/C19H20BrNO4/c1-12-5-7-14(20)10-15(12)21-19(22)8-6-13-9-17(24-3)18(25-4)11-16(13)23-2/h5-11H,1-4H3,(H,21,22)/b8-6+. The molecule has 0 aliphatic heterocycles. The molecule has 0 heterocycles. The third-order valence-corrected chi connectivity index (χ3v) is 4.10. The normalized spacial score (nSPS) is 10.6. The number of hydrogen-bond donors (Lipinski definition) is 1. The van der Waals surface area contributed by atoms with E-state index in [0.717, 1.165) is 15.7 Å². The summed E-state index contributed by atoms with van der Waals surface area (Å²) in [6.07, 6.45) is 3.12. The Morgan fingerprint density at radius 3 is 2.28 bits per heavy atom. The Kier molecular flexibility index (Phi) is 6.47. The molecule has 2 rings (SSSR count). The first kappa shape index (κ1) is 18.9. The number of anilines is 1. The highest BCUT2D eigenvalue weighted by molar-refractivity contribution is 9.10. The first-order chi connectivity index (χ1) is 12.0. The molecule has 132 valence electrons. The zero-order valence-corrected chi connectivity index (χ0v) is 16.1. The van der Waals surface area contributed by atoms with Crippen molar-refractivity contribution < 1.29 is 19.0 Å². The van der Waals surface area contributed by atoms with E-state index >= 15 is 0 Å². The smallest absolute Gasteiger partial charge is 0.248 e. The minimum atomic E-state index is -0.238. The molecule has 25 heavy (non-hydrogen) atoms. The van der Waals surface area contributed by atoms with Crippen LogP contribution in [0.2, 0.25) is 0 Å². The summed E-state index contributed by atoms with van der Waals surface area (Å²) in [4.78, 5) is 12.2. The molecular weight excluding hydrogens is 386 g/mol. The number of nitrogens with one attached hydrogen (secondary N) is 1. The summed E-state index contributed by atoms with van der Waals surface area (Å²) >= 11 is 3.40. The van der Waals surface area contributed by atoms with E-state index in [0.29, 0.717) is 22.8 Å². The SMILES string of the molecule is COc1cc(OC)c(OC)cc1/C=C/C(=O)Nc1cc(Br)ccc1C. The molecule has 0 atom stereocenters. The minimum absolute atomic E-state index is 0.238. The molecule has 0 unspecified atom stereocenters. The van der Waals surface area contributed by atoms with Crippen LogP contribution in [0.5, 0.6) is 17.2 Å². The molecule has 2 aromatic rings. The van der Waals surface area contributed by atoms with Gasteiger partial charge in [0, 0.05) is 27.9 Å². The van der Waals surface area contributed by atoms with Gasteiger partial charge in [-0.15, -0.1) is 0 Å². The fourth-order valence-corrected chi connectivity index (χ4v) is 2.61. The number of amides is 1. The van der Waals surface area contributed by atoms with E-state index in [2.05, 4.69) is 21.2 Å². The van der Waals surface area contributed by atoms with Crippen molar-refractivity contribution in [3.8, 4) is 17.2 Å². The van der Waals surface area contributed by atoms with Crippen LogP contribution in [0.1, 0.15) is 11.1 Å². The molecule has 0 spiro atoms. The van der Waals surface area contributed by atoms with Crippen molar-refractivity contribution >= 4 is 33.6 Å². The summed E-state index contributed by atoms with van der Waals surface area (Å²) in [6.45, 7) is 1.93. The van der Waals surface area contributed by atoms with Crippen molar-refractivity contribution in [2.24, 2.45) is 0 Å². The Morgan fingerprint density at radius 1 is 1.00 bits per heavy atom. The fourth-order valence-electron chi connectivity index (χ4n) is 2.25. The van der Waals surface area contributed by atoms with E-state index in [4.69, 9.17) is 14.2 Å². The number of benzene rings is 2. The molecule has 1 amide bonds. The monoisotopic (exact) mass is 405 g/mol. The maximum absolute atomic E-state index is 12.2. The number of aryl methyl sites for hydroxylation is 1. The maximum atomic E-state index is 12.2. The van der Waals surface area contributed by atoms with E-state index < -0.39 is 0 Å². The van der Waals surface area contributed by atoms with Gasteiger partial charge in [0.2, 0.25) is 5.91 Å². The van der Waals surface area contributed by atoms with Gasteiger partial charge in [-0.05, 0) is 36.8 Å². The molecule has 0 radical (unpaired) electrons. The predicted molar refractivity (Wildman–Crippen MR) is 103 cm³/mol. The zero-order valence-electron chi connectivity index (χ0n) is 14.6. The molecule has 0 fully saturated rings. The molecule has 2 aromatic carbocycles. The van der Waals surface area contributed by atoms with Crippen LogP contribution < -0.4 is 19.5 Å². The first-order valence-corrected chi connectivity index (χ1v) is 8.33. The topological polar surface area (TPSA) is 56.8 Å². The number of hydrogen-bond acceptors (Lipinski definition) is 4. The first-order valence-electron chi connectivity index (χ1n) is 7.53. The Balaban J connectivity index is 2.23. The lowest BCUT2D eigenvalue weighted by atomic mass is 10.1. The van der Waals surface area contributed by atoms with E-state index in [1.807, 2.05) is 25.1 Å². The molecule has 0 aliphatic rings. The van der Waals surface area contributed by atoms with Gasteiger partial charge in [-0.25, -0.2) is 0 Å². The van der Waals surface area contributed by atoms with Crippen LogP contribution >= 0.6 is 15.9 Å². The molecule has 0 aliphatic carbocycles. The van der Waals surface area contributed by atoms with Gasteiger partial charge in [0.25, 0.3) is 0 Å². The van der Waals surface area contributed by atoms with E-state index in [9.17, 15) is 4.79 Å². The molecule has 0 saturated heterocycles. The summed E-state index contributed by atoms with van der Waals surface area (Å²) in [5.74, 6) is 1.47. The lowest BCUT2D eigenvalue weighted by Gasteiger charge is -2.12. The Labute approximate surface area is 155 Å². The number of methoxy groups -OCH3 is 3. The molecule has 0 saturated carbocycles. The van der Waals surface area contributed by atoms with Gasteiger partial charge in [-0.3, -0.25) is 4.79 Å². The highest BCUT2D eigenvalue weighted by atomic mass is 79.9. The second kappa shape index (κ2) is 8.58. The Hall–Kier alpha value is -2.47. The van der Waals surface area contributed by atoms with Crippen LogP contribution in [0.3, 0.4) is 0 Å². The van der Waals surface area contributed by atoms with Crippen molar-refractivity contribution in [3.05, 3.63) is 52.0 Å². The molecule has 0 bridgehead atoms. The zero-order chi connectivity index (χ0) is 18.4. The lowest BCUT2D eigenvalue weighted by molar-refractivity contribution is -0.111. The number of rotatable bonds is 6. The third kappa shape index (κ3) is 4.76. The van der Waals surface area contributed by atoms with Gasteiger partial charge < -0.3 is 19.5 Å². The second-order valence-electron chi connectivity index (χ2n) is 5.23. The second-order valence-corrected chi connectivity index (χ2v) is 6.15. The Morgan fingerprint density at radius 2 is 1.64 bits per heavy atom. The number of carbonyl (C=O) groups is 1. The van der Waals surface area contributed by atoms with Crippen molar-refractivity contribution in [2.75, 3.05) is 26.6 Å². The van der Waals surface area contributed by atoms with Crippen LogP contribution in [0.25, 0.3) is 6.08 Å². The number of halogens is 1. The summed E-state index contributed by atoms with van der Waals surface area (Å²) in [5.41, 5.74) is 2.44. The van der Waals surface area contributed by atoms with E-state index in [1.165, 1.54) is 6.08 Å². The van der Waals surface area contributed by atoms with Gasteiger partial charge in [0.05, 0.1) is 21.3 Å². The van der Waals surface area contributed by atoms with Crippen LogP contribution in [-0.4, -0.2) is 27.2 Å². The Bertz CT molecular complexity index is 802. The van der Waals surface area contributed by atoms with Gasteiger partial charge >= 0.3 is 0 Å². The van der Waals surface area contributed by atoms with Crippen molar-refractivity contribution in [3.63, 3.8) is 0 Å². The third-order valence-electron chi connectivity index (χ3n) is 3.61. The largest absolute Gasteiger partial charge is 0.496 e. The van der Waals surface area contributed by atoms with Crippen molar-refractivity contribution in [2.45, 2.75) is 6.92 Å². The van der Waals surface area contributed by atoms with Gasteiger partial charge in [-0.2, -0.15) is 0 Å². The van der Waals surface area contributed by atoms with Gasteiger partial charge in [0.15, 0.2) is 11.5 Å². The lowest BCUT2D eigenvalue weighted by Crippen LogP contribution is -2.09. The molecule has 5 nitrogen and oxygen atoms in total. The average molecular weight is 406 g/mol. The molecule has 6 heteroatoms. The summed E-state index contributed by atoms with van der Waals surface area (Å²) in [7, 11) is 4.67.